The Kier molecular flexibility index (Phi) is 4.15. The lowest BCUT2D eigenvalue weighted by molar-refractivity contribution is 0.0951. The number of halogens is 1. The van der Waals surface area contributed by atoms with Crippen LogP contribution in [0.4, 0.5) is 0 Å². The van der Waals surface area contributed by atoms with Crippen LogP contribution in [0.3, 0.4) is 0 Å². The zero-order valence-electron chi connectivity index (χ0n) is 10.1. The number of amides is 1. The summed E-state index contributed by atoms with van der Waals surface area (Å²) in [7, 11) is 1.85. The van der Waals surface area contributed by atoms with Crippen molar-refractivity contribution in [1.29, 1.82) is 0 Å². The van der Waals surface area contributed by atoms with Crippen molar-refractivity contribution in [2.24, 2.45) is 7.05 Å². The van der Waals surface area contributed by atoms with Crippen molar-refractivity contribution in [2.45, 2.75) is 11.9 Å². The number of carbonyl (C=O) groups is 1. The molecule has 4 nitrogen and oxygen atoms in total. The number of nitrogens with zero attached hydrogens (tertiary/aromatic N) is 2. The number of aromatic nitrogens is 2. The summed E-state index contributed by atoms with van der Waals surface area (Å²) in [6, 6.07) is 7.53. The summed E-state index contributed by atoms with van der Waals surface area (Å²) in [5, 5.41) is 7.71. The molecule has 0 saturated heterocycles. The van der Waals surface area contributed by atoms with Gasteiger partial charge in [0.15, 0.2) is 0 Å². The minimum absolute atomic E-state index is 0.0695. The number of aryl methyl sites for hydroxylation is 1. The Bertz CT molecular complexity index is 533. The van der Waals surface area contributed by atoms with Crippen LogP contribution < -0.4 is 5.32 Å². The molecule has 0 atom stereocenters. The average Bonchev–Trinajstić information content (AvgIpc) is 2.82. The van der Waals surface area contributed by atoms with Crippen molar-refractivity contribution in [3.05, 3.63) is 53.3 Å². The zero-order valence-corrected chi connectivity index (χ0v) is 11.6. The number of rotatable bonds is 4. The fraction of sp³-hybridized carbons (Fsp3) is 0.231. The molecule has 0 radical (unpaired) electrons. The van der Waals surface area contributed by atoms with Crippen LogP contribution in [0.25, 0.3) is 0 Å². The highest BCUT2D eigenvalue weighted by molar-refractivity contribution is 9.08. The first kappa shape index (κ1) is 12.8. The van der Waals surface area contributed by atoms with Crippen LogP contribution in [0.5, 0.6) is 0 Å². The van der Waals surface area contributed by atoms with Crippen LogP contribution in [0, 0.1) is 0 Å². The number of hydrogen-bond donors (Lipinski definition) is 1. The summed E-state index contributed by atoms with van der Waals surface area (Å²) in [5.74, 6) is -0.0695. The molecule has 0 aliphatic rings. The van der Waals surface area contributed by atoms with Crippen LogP contribution in [-0.2, 0) is 18.9 Å². The van der Waals surface area contributed by atoms with E-state index in [2.05, 4.69) is 26.3 Å². The largest absolute Gasteiger partial charge is 0.348 e. The number of hydrogen-bond acceptors (Lipinski definition) is 2. The normalized spacial score (nSPS) is 10.3. The number of carbonyl (C=O) groups excluding carboxylic acids is 1. The van der Waals surface area contributed by atoms with Gasteiger partial charge in [0.2, 0.25) is 0 Å². The van der Waals surface area contributed by atoms with E-state index >= 15 is 0 Å². The molecule has 2 rings (SSSR count). The fourth-order valence-electron chi connectivity index (χ4n) is 1.59. The Morgan fingerprint density at radius 2 is 2.06 bits per heavy atom. The van der Waals surface area contributed by atoms with Crippen LogP contribution in [0.15, 0.2) is 36.7 Å². The first-order valence-corrected chi connectivity index (χ1v) is 6.72. The molecule has 1 heterocycles. The molecule has 0 fully saturated rings. The van der Waals surface area contributed by atoms with Gasteiger partial charge in [0, 0.05) is 36.2 Å². The highest BCUT2D eigenvalue weighted by atomic mass is 79.9. The minimum atomic E-state index is -0.0695. The van der Waals surface area contributed by atoms with Gasteiger partial charge in [-0.2, -0.15) is 5.10 Å². The van der Waals surface area contributed by atoms with Crippen molar-refractivity contribution in [3.63, 3.8) is 0 Å². The van der Waals surface area contributed by atoms with Gasteiger partial charge >= 0.3 is 0 Å². The van der Waals surface area contributed by atoms with Gasteiger partial charge in [0.25, 0.3) is 5.91 Å². The number of benzene rings is 1. The molecule has 5 heteroatoms. The Balaban J connectivity index is 1.94. The average molecular weight is 308 g/mol. The van der Waals surface area contributed by atoms with Gasteiger partial charge in [0.05, 0.1) is 6.20 Å². The van der Waals surface area contributed by atoms with E-state index in [4.69, 9.17) is 0 Å². The molecule has 0 bridgehead atoms. The molecule has 0 spiro atoms. The number of alkyl halides is 1. The predicted octanol–water partition coefficient (Wildman–Crippen LogP) is 2.25. The third kappa shape index (κ3) is 3.20. The van der Waals surface area contributed by atoms with Crippen molar-refractivity contribution < 1.29 is 4.79 Å². The molecule has 18 heavy (non-hydrogen) atoms. The molecule has 1 N–H and O–H groups in total. The zero-order chi connectivity index (χ0) is 13.0. The maximum atomic E-state index is 11.9. The van der Waals surface area contributed by atoms with Gasteiger partial charge in [-0.25, -0.2) is 0 Å². The van der Waals surface area contributed by atoms with Crippen LogP contribution in [0.2, 0.25) is 0 Å². The van der Waals surface area contributed by atoms with E-state index in [-0.39, 0.29) is 5.91 Å². The first-order chi connectivity index (χ1) is 8.69. The first-order valence-electron chi connectivity index (χ1n) is 5.59. The molecular weight excluding hydrogens is 294 g/mol. The molecule has 1 aromatic carbocycles. The minimum Gasteiger partial charge on any atom is -0.348 e. The molecule has 0 aliphatic heterocycles. The van der Waals surface area contributed by atoms with Crippen molar-refractivity contribution >= 4 is 21.8 Å². The van der Waals surface area contributed by atoms with Crippen molar-refractivity contribution in [1.82, 2.24) is 15.1 Å². The molecule has 2 aromatic rings. The summed E-state index contributed by atoms with van der Waals surface area (Å²) in [5.41, 5.74) is 2.81. The van der Waals surface area contributed by atoms with E-state index in [1.54, 1.807) is 10.9 Å². The standard InChI is InChI=1S/C13H14BrN3O/c1-17-9-11(8-16-17)7-15-13(18)12-4-2-10(6-14)3-5-12/h2-5,8-9H,6-7H2,1H3,(H,15,18). The smallest absolute Gasteiger partial charge is 0.251 e. The topological polar surface area (TPSA) is 46.9 Å². The second kappa shape index (κ2) is 5.82. The van der Waals surface area contributed by atoms with E-state index in [0.29, 0.717) is 12.1 Å². The Hall–Kier alpha value is -1.62. The highest BCUT2D eigenvalue weighted by Crippen LogP contribution is 2.08. The van der Waals surface area contributed by atoms with Crippen LogP contribution in [0.1, 0.15) is 21.5 Å². The van der Waals surface area contributed by atoms with Crippen LogP contribution in [-0.4, -0.2) is 15.7 Å². The molecule has 0 aliphatic carbocycles. The van der Waals surface area contributed by atoms with E-state index in [1.165, 1.54) is 0 Å². The fourth-order valence-corrected chi connectivity index (χ4v) is 1.97. The van der Waals surface area contributed by atoms with Crippen LogP contribution >= 0.6 is 15.9 Å². The molecule has 1 aromatic heterocycles. The third-order valence-corrected chi connectivity index (χ3v) is 3.23. The molecule has 94 valence electrons. The Labute approximate surface area is 114 Å². The summed E-state index contributed by atoms with van der Waals surface area (Å²) in [4.78, 5) is 11.9. The van der Waals surface area contributed by atoms with E-state index in [0.717, 1.165) is 16.5 Å². The highest BCUT2D eigenvalue weighted by Gasteiger charge is 2.05. The van der Waals surface area contributed by atoms with Gasteiger partial charge in [-0.05, 0) is 17.7 Å². The maximum Gasteiger partial charge on any atom is 0.251 e. The second-order valence-electron chi connectivity index (χ2n) is 4.04. The summed E-state index contributed by atoms with van der Waals surface area (Å²) >= 11 is 3.37. The second-order valence-corrected chi connectivity index (χ2v) is 4.60. The maximum absolute atomic E-state index is 11.9. The quantitative estimate of drug-likeness (QED) is 0.881. The van der Waals surface area contributed by atoms with Gasteiger partial charge in [-0.3, -0.25) is 9.48 Å². The lowest BCUT2D eigenvalue weighted by Gasteiger charge is -2.04. The summed E-state index contributed by atoms with van der Waals surface area (Å²) in [6.45, 7) is 0.493. The molecule has 0 saturated carbocycles. The monoisotopic (exact) mass is 307 g/mol. The van der Waals surface area contributed by atoms with E-state index in [1.807, 2.05) is 37.5 Å². The molecular formula is C13H14BrN3O. The Morgan fingerprint density at radius 1 is 1.33 bits per heavy atom. The molecule has 1 amide bonds. The SMILES string of the molecule is Cn1cc(CNC(=O)c2ccc(CBr)cc2)cn1. The molecule has 0 unspecified atom stereocenters. The summed E-state index contributed by atoms with van der Waals surface area (Å²) < 4.78 is 1.71. The van der Waals surface area contributed by atoms with E-state index < -0.39 is 0 Å². The lowest BCUT2D eigenvalue weighted by Crippen LogP contribution is -2.22. The lowest BCUT2D eigenvalue weighted by atomic mass is 10.1. The number of nitrogens with one attached hydrogen (secondary N) is 1. The summed E-state index contributed by atoms with van der Waals surface area (Å²) in [6.07, 6.45) is 3.63. The Morgan fingerprint density at radius 3 is 2.61 bits per heavy atom. The van der Waals surface area contributed by atoms with Crippen molar-refractivity contribution in [3.8, 4) is 0 Å². The predicted molar refractivity (Wildman–Crippen MR) is 73.5 cm³/mol. The van der Waals surface area contributed by atoms with Gasteiger partial charge in [-0.15, -0.1) is 0 Å². The van der Waals surface area contributed by atoms with Gasteiger partial charge in [0.1, 0.15) is 0 Å². The third-order valence-electron chi connectivity index (χ3n) is 2.58. The van der Waals surface area contributed by atoms with E-state index in [9.17, 15) is 4.79 Å². The van der Waals surface area contributed by atoms with Gasteiger partial charge < -0.3 is 5.32 Å². The van der Waals surface area contributed by atoms with Crippen molar-refractivity contribution in [2.75, 3.05) is 0 Å². The van der Waals surface area contributed by atoms with Gasteiger partial charge in [-0.1, -0.05) is 28.1 Å².